The highest BCUT2D eigenvalue weighted by Gasteiger charge is 2.63. The van der Waals surface area contributed by atoms with Crippen LogP contribution in [0.15, 0.2) is 36.8 Å². The van der Waals surface area contributed by atoms with Gasteiger partial charge in [-0.05, 0) is 43.2 Å². The van der Waals surface area contributed by atoms with Gasteiger partial charge in [-0.25, -0.2) is 13.3 Å². The maximum Gasteiger partial charge on any atom is 0.266 e. The molecule has 1 saturated heterocycles. The summed E-state index contributed by atoms with van der Waals surface area (Å²) in [5, 5.41) is 38.2. The molecule has 4 aromatic heterocycles. The molecule has 12 nitrogen and oxygen atoms in total. The van der Waals surface area contributed by atoms with Gasteiger partial charge in [-0.3, -0.25) is 9.78 Å². The lowest BCUT2D eigenvalue weighted by molar-refractivity contribution is -0.209. The van der Waals surface area contributed by atoms with Crippen molar-refractivity contribution in [2.45, 2.75) is 38.3 Å². The van der Waals surface area contributed by atoms with Crippen molar-refractivity contribution >= 4 is 22.8 Å². The van der Waals surface area contributed by atoms with Gasteiger partial charge in [-0.15, -0.1) is 10.2 Å². The molecule has 2 aliphatic rings. The second-order valence-corrected chi connectivity index (χ2v) is 10.1. The van der Waals surface area contributed by atoms with E-state index < -0.39 is 12.0 Å². The molecule has 38 heavy (non-hydrogen) atoms. The first-order chi connectivity index (χ1) is 18.2. The number of nitrogens with zero attached hydrogens (tertiary/aromatic N) is 8. The van der Waals surface area contributed by atoms with E-state index in [1.165, 1.54) is 11.0 Å². The highest BCUT2D eigenvalue weighted by molar-refractivity contribution is 6.09. The van der Waals surface area contributed by atoms with Crippen molar-refractivity contribution in [3.8, 4) is 11.4 Å². The van der Waals surface area contributed by atoms with Gasteiger partial charge in [0, 0.05) is 42.1 Å². The predicted molar refractivity (Wildman–Crippen MR) is 131 cm³/mol. The van der Waals surface area contributed by atoms with Crippen LogP contribution in [-0.4, -0.2) is 82.6 Å². The van der Waals surface area contributed by atoms with Crippen molar-refractivity contribution in [3.05, 3.63) is 48.0 Å². The normalized spacial score (nSPS) is 17.6. The minimum absolute atomic E-state index is 0.0937. The van der Waals surface area contributed by atoms with Gasteiger partial charge in [0.1, 0.15) is 5.60 Å². The summed E-state index contributed by atoms with van der Waals surface area (Å²) in [7, 11) is 0. The number of carbonyl (C=O) groups excluding carboxylic acids is 1. The van der Waals surface area contributed by atoms with Gasteiger partial charge >= 0.3 is 0 Å². The topological polar surface area (TPSA) is 147 Å². The van der Waals surface area contributed by atoms with Crippen LogP contribution >= 0.6 is 0 Å². The van der Waals surface area contributed by atoms with Crippen LogP contribution in [0.3, 0.4) is 0 Å². The van der Waals surface area contributed by atoms with E-state index in [1.807, 2.05) is 17.0 Å². The number of aliphatic hydroxyl groups is 2. The second-order valence-electron chi connectivity index (χ2n) is 10.1. The molecule has 1 spiro atoms. The Kier molecular flexibility index (Phi) is 5.61. The number of hydrogen-bond donors (Lipinski definition) is 3. The number of anilines is 2. The molecule has 6 rings (SSSR count). The Bertz CT molecular complexity index is 1520. The van der Waals surface area contributed by atoms with Crippen LogP contribution in [0.4, 0.5) is 20.2 Å². The number of aryl methyl sites for hydroxylation is 1. The fraction of sp³-hybridized carbons (Fsp3) is 0.417. The highest BCUT2D eigenvalue weighted by Crippen LogP contribution is 2.56. The van der Waals surface area contributed by atoms with Gasteiger partial charge in [0.15, 0.2) is 0 Å². The standard InChI is InChI=1S/C24H25F2N9O3/c1-14-18(6-15(8-27-14)20-30-32-35(31-20)4-5-36)29-21(37)17-9-28-34-3-2-16(7-19(17)34)33-12-23(13-33)10-24(38,11-23)22(25)26/h2-3,6-9,22,36,38H,4-5,10-13H2,1H3,(H,29,37). The summed E-state index contributed by atoms with van der Waals surface area (Å²) in [4.78, 5) is 20.9. The smallest absolute Gasteiger partial charge is 0.266 e. The largest absolute Gasteiger partial charge is 0.394 e. The molecule has 5 heterocycles. The molecule has 1 aliphatic heterocycles. The number of alkyl halides is 2. The van der Waals surface area contributed by atoms with Gasteiger partial charge in [0.05, 0.1) is 41.8 Å². The van der Waals surface area contributed by atoms with Crippen molar-refractivity contribution in [2.24, 2.45) is 5.41 Å². The lowest BCUT2D eigenvalue weighted by atomic mass is 9.55. The Morgan fingerprint density at radius 1 is 1.24 bits per heavy atom. The number of fused-ring (bicyclic) bond motifs is 1. The molecule has 1 saturated carbocycles. The lowest BCUT2D eigenvalue weighted by Crippen LogP contribution is -2.70. The number of hydrogen-bond acceptors (Lipinski definition) is 9. The fourth-order valence-electron chi connectivity index (χ4n) is 5.43. The average molecular weight is 526 g/mol. The maximum absolute atomic E-state index is 13.3. The van der Waals surface area contributed by atoms with E-state index in [2.05, 4.69) is 30.8 Å². The fourth-order valence-corrected chi connectivity index (χ4v) is 5.43. The van der Waals surface area contributed by atoms with Crippen molar-refractivity contribution in [1.82, 2.24) is 34.8 Å². The first-order valence-electron chi connectivity index (χ1n) is 12.1. The Balaban J connectivity index is 1.19. The van der Waals surface area contributed by atoms with Crippen LogP contribution in [0.2, 0.25) is 0 Å². The van der Waals surface area contributed by atoms with Crippen molar-refractivity contribution < 1.29 is 23.8 Å². The van der Waals surface area contributed by atoms with Gasteiger partial charge in [0.25, 0.3) is 12.3 Å². The van der Waals surface area contributed by atoms with Crippen molar-refractivity contribution in [1.29, 1.82) is 0 Å². The molecule has 1 amide bonds. The Morgan fingerprint density at radius 2 is 2.03 bits per heavy atom. The quantitative estimate of drug-likeness (QED) is 0.327. The first kappa shape index (κ1) is 24.3. The van der Waals surface area contributed by atoms with Crippen LogP contribution in [0.5, 0.6) is 0 Å². The van der Waals surface area contributed by atoms with Gasteiger partial charge in [-0.1, -0.05) is 0 Å². The second kappa shape index (κ2) is 8.77. The van der Waals surface area contributed by atoms with E-state index in [9.17, 15) is 18.7 Å². The molecule has 0 aromatic carbocycles. The van der Waals surface area contributed by atoms with E-state index in [4.69, 9.17) is 5.11 Å². The number of aromatic nitrogens is 7. The summed E-state index contributed by atoms with van der Waals surface area (Å²) in [6.45, 7) is 3.00. The molecule has 0 atom stereocenters. The summed E-state index contributed by atoms with van der Waals surface area (Å²) in [5.74, 6) is -0.0648. The zero-order chi connectivity index (χ0) is 26.7. The Labute approximate surface area is 214 Å². The molecule has 3 N–H and O–H groups in total. The van der Waals surface area contributed by atoms with Crippen LogP contribution < -0.4 is 10.2 Å². The summed E-state index contributed by atoms with van der Waals surface area (Å²) < 4.78 is 27.7. The van der Waals surface area contributed by atoms with E-state index in [0.29, 0.717) is 46.9 Å². The molecule has 0 bridgehead atoms. The SMILES string of the molecule is Cc1ncc(-c2nnn(CCO)n2)cc1NC(=O)c1cnn2ccc(N3CC4(C3)CC(O)(C(F)F)C4)cc12. The molecule has 198 valence electrons. The monoisotopic (exact) mass is 525 g/mol. The molecule has 0 unspecified atom stereocenters. The summed E-state index contributed by atoms with van der Waals surface area (Å²) in [5.41, 5.74) is 1.26. The van der Waals surface area contributed by atoms with Gasteiger partial charge in [-0.2, -0.15) is 9.90 Å². The Morgan fingerprint density at radius 3 is 2.76 bits per heavy atom. The first-order valence-corrected chi connectivity index (χ1v) is 12.1. The van der Waals surface area contributed by atoms with E-state index in [1.54, 1.807) is 29.9 Å². The average Bonchev–Trinajstić information content (AvgIpc) is 3.49. The van der Waals surface area contributed by atoms with Crippen LogP contribution in [-0.2, 0) is 6.54 Å². The Hall–Kier alpha value is -4.04. The summed E-state index contributed by atoms with van der Waals surface area (Å²) in [6.07, 6.45) is 2.26. The van der Waals surface area contributed by atoms with Crippen molar-refractivity contribution in [2.75, 3.05) is 29.9 Å². The number of nitrogens with one attached hydrogen (secondary N) is 1. The third-order valence-electron chi connectivity index (χ3n) is 7.28. The van der Waals surface area contributed by atoms with E-state index >= 15 is 0 Å². The number of amides is 1. The lowest BCUT2D eigenvalue weighted by Gasteiger charge is -2.62. The minimum Gasteiger partial charge on any atom is -0.394 e. The number of tetrazole rings is 1. The molecule has 1 aliphatic carbocycles. The molecular formula is C24H25F2N9O3. The van der Waals surface area contributed by atoms with Crippen LogP contribution in [0.25, 0.3) is 16.9 Å². The van der Waals surface area contributed by atoms with Crippen molar-refractivity contribution in [3.63, 3.8) is 0 Å². The maximum atomic E-state index is 13.3. The number of rotatable bonds is 7. The minimum atomic E-state index is -2.73. The molecule has 2 fully saturated rings. The van der Waals surface area contributed by atoms with E-state index in [-0.39, 0.29) is 37.3 Å². The number of halogens is 2. The number of aliphatic hydroxyl groups excluding tert-OH is 1. The zero-order valence-corrected chi connectivity index (χ0v) is 20.4. The van der Waals surface area contributed by atoms with Gasteiger partial charge in [0.2, 0.25) is 5.82 Å². The number of pyridine rings is 2. The molecule has 0 radical (unpaired) electrons. The van der Waals surface area contributed by atoms with Crippen LogP contribution in [0, 0.1) is 12.3 Å². The summed E-state index contributed by atoms with van der Waals surface area (Å²) in [6, 6.07) is 5.41. The highest BCUT2D eigenvalue weighted by atomic mass is 19.3. The molecule has 4 aromatic rings. The van der Waals surface area contributed by atoms with Crippen LogP contribution in [0.1, 0.15) is 28.9 Å². The predicted octanol–water partition coefficient (Wildman–Crippen LogP) is 1.53. The zero-order valence-electron chi connectivity index (χ0n) is 20.4. The molecular weight excluding hydrogens is 500 g/mol. The summed E-state index contributed by atoms with van der Waals surface area (Å²) >= 11 is 0. The third-order valence-corrected chi connectivity index (χ3v) is 7.28. The number of carbonyl (C=O) groups is 1. The molecule has 14 heteroatoms. The van der Waals surface area contributed by atoms with E-state index in [0.717, 1.165) is 5.69 Å². The van der Waals surface area contributed by atoms with Gasteiger partial charge < -0.3 is 20.4 Å². The third kappa shape index (κ3) is 4.05.